The Kier molecular flexibility index (Phi) is 2.69. The Morgan fingerprint density at radius 1 is 1.46 bits per heavy atom. The molecule has 1 unspecified atom stereocenters. The molecule has 2 heteroatoms. The van der Waals surface area contributed by atoms with Crippen LogP contribution in [0.2, 0.25) is 0 Å². The van der Waals surface area contributed by atoms with Gasteiger partial charge in [-0.1, -0.05) is 24.3 Å². The van der Waals surface area contributed by atoms with E-state index in [0.29, 0.717) is 6.42 Å². The summed E-state index contributed by atoms with van der Waals surface area (Å²) in [4.78, 5) is 0. The van der Waals surface area contributed by atoms with Crippen molar-refractivity contribution in [2.75, 3.05) is 0 Å². The molecule has 13 heavy (non-hydrogen) atoms. The fraction of sp³-hybridized carbons (Fsp3) is 0.364. The lowest BCUT2D eigenvalue weighted by molar-refractivity contribution is 0.594. The summed E-state index contributed by atoms with van der Waals surface area (Å²) in [6, 6.07) is 10.1. The first kappa shape index (κ1) is 9.76. The summed E-state index contributed by atoms with van der Waals surface area (Å²) in [7, 11) is 0. The Morgan fingerprint density at radius 2 is 2.08 bits per heavy atom. The van der Waals surface area contributed by atoms with Crippen LogP contribution in [0.3, 0.4) is 0 Å². The van der Waals surface area contributed by atoms with Gasteiger partial charge in [0.05, 0.1) is 6.07 Å². The quantitative estimate of drug-likeness (QED) is 0.743. The van der Waals surface area contributed by atoms with Crippen LogP contribution in [0.1, 0.15) is 18.1 Å². The van der Waals surface area contributed by atoms with Gasteiger partial charge in [-0.25, -0.2) is 0 Å². The molecule has 2 N–H and O–H groups in total. The molecule has 0 saturated heterocycles. The third-order valence-electron chi connectivity index (χ3n) is 2.07. The van der Waals surface area contributed by atoms with E-state index in [0.717, 1.165) is 5.56 Å². The van der Waals surface area contributed by atoms with Gasteiger partial charge in [0.2, 0.25) is 0 Å². The van der Waals surface area contributed by atoms with Gasteiger partial charge in [0.15, 0.2) is 0 Å². The Labute approximate surface area is 79.0 Å². The van der Waals surface area contributed by atoms with E-state index in [1.165, 1.54) is 5.56 Å². The lowest BCUT2D eigenvalue weighted by Crippen LogP contribution is -2.36. The first-order chi connectivity index (χ1) is 6.05. The molecule has 0 aliphatic carbocycles. The maximum absolute atomic E-state index is 8.77. The van der Waals surface area contributed by atoms with Gasteiger partial charge in [-0.05, 0) is 25.0 Å². The standard InChI is InChI=1S/C11H14N2/c1-9-5-3-4-6-10(9)7-11(2,13)8-12/h3-6H,7,13H2,1-2H3. The Hall–Kier alpha value is -1.33. The number of hydrogen-bond acceptors (Lipinski definition) is 2. The minimum absolute atomic E-state index is 0.607. The van der Waals surface area contributed by atoms with Crippen LogP contribution < -0.4 is 5.73 Å². The molecule has 0 amide bonds. The molecular formula is C11H14N2. The average Bonchev–Trinajstić information content (AvgIpc) is 2.09. The van der Waals surface area contributed by atoms with Gasteiger partial charge in [-0.15, -0.1) is 0 Å². The summed E-state index contributed by atoms with van der Waals surface area (Å²) in [5.74, 6) is 0. The van der Waals surface area contributed by atoms with Crippen molar-refractivity contribution in [3.63, 3.8) is 0 Å². The zero-order chi connectivity index (χ0) is 9.90. The minimum Gasteiger partial charge on any atom is -0.313 e. The highest BCUT2D eigenvalue weighted by atomic mass is 14.7. The summed E-state index contributed by atoms with van der Waals surface area (Å²) >= 11 is 0. The number of nitriles is 1. The molecule has 0 aliphatic heterocycles. The normalized spacial score (nSPS) is 14.6. The number of benzene rings is 1. The SMILES string of the molecule is Cc1ccccc1CC(C)(N)C#N. The average molecular weight is 174 g/mol. The summed E-state index contributed by atoms with van der Waals surface area (Å²) in [5.41, 5.74) is 7.33. The fourth-order valence-corrected chi connectivity index (χ4v) is 1.24. The van der Waals surface area contributed by atoms with Gasteiger partial charge in [-0.2, -0.15) is 5.26 Å². The van der Waals surface area contributed by atoms with Gasteiger partial charge in [0, 0.05) is 6.42 Å². The molecule has 1 aromatic rings. The van der Waals surface area contributed by atoms with Crippen molar-refractivity contribution in [1.82, 2.24) is 0 Å². The molecule has 0 bridgehead atoms. The molecule has 0 aliphatic rings. The van der Waals surface area contributed by atoms with Gasteiger partial charge < -0.3 is 5.73 Å². The first-order valence-electron chi connectivity index (χ1n) is 4.30. The molecule has 1 aromatic carbocycles. The molecule has 0 aromatic heterocycles. The molecule has 0 spiro atoms. The highest BCUT2D eigenvalue weighted by Gasteiger charge is 2.18. The van der Waals surface area contributed by atoms with Crippen molar-refractivity contribution in [2.45, 2.75) is 25.8 Å². The maximum atomic E-state index is 8.77. The van der Waals surface area contributed by atoms with E-state index in [2.05, 4.69) is 6.07 Å². The van der Waals surface area contributed by atoms with Crippen molar-refractivity contribution in [3.05, 3.63) is 35.4 Å². The molecule has 0 radical (unpaired) electrons. The van der Waals surface area contributed by atoms with Crippen molar-refractivity contribution in [1.29, 1.82) is 5.26 Å². The van der Waals surface area contributed by atoms with Gasteiger partial charge >= 0.3 is 0 Å². The summed E-state index contributed by atoms with van der Waals surface area (Å²) < 4.78 is 0. The second-order valence-electron chi connectivity index (χ2n) is 3.63. The molecule has 1 rings (SSSR count). The zero-order valence-electron chi connectivity index (χ0n) is 8.04. The van der Waals surface area contributed by atoms with Crippen LogP contribution in [0, 0.1) is 18.3 Å². The summed E-state index contributed by atoms with van der Waals surface area (Å²) in [5, 5.41) is 8.77. The minimum atomic E-state index is -0.758. The monoisotopic (exact) mass is 174 g/mol. The first-order valence-corrected chi connectivity index (χ1v) is 4.30. The molecular weight excluding hydrogens is 160 g/mol. The Bertz CT molecular complexity index is 334. The van der Waals surface area contributed by atoms with Crippen LogP contribution in [0.4, 0.5) is 0 Å². The predicted octanol–water partition coefficient (Wildman–Crippen LogP) is 1.78. The van der Waals surface area contributed by atoms with Crippen LogP contribution >= 0.6 is 0 Å². The Morgan fingerprint density at radius 3 is 2.62 bits per heavy atom. The number of aryl methyl sites for hydroxylation is 1. The molecule has 2 nitrogen and oxygen atoms in total. The maximum Gasteiger partial charge on any atom is 0.105 e. The van der Waals surface area contributed by atoms with Crippen LogP contribution in [0.15, 0.2) is 24.3 Å². The lowest BCUT2D eigenvalue weighted by atomic mass is 9.93. The number of rotatable bonds is 2. The van der Waals surface area contributed by atoms with Gasteiger partial charge in [-0.3, -0.25) is 0 Å². The van der Waals surface area contributed by atoms with Crippen LogP contribution in [0.25, 0.3) is 0 Å². The van der Waals surface area contributed by atoms with Crippen LogP contribution in [-0.4, -0.2) is 5.54 Å². The van der Waals surface area contributed by atoms with Crippen molar-refractivity contribution in [3.8, 4) is 6.07 Å². The van der Waals surface area contributed by atoms with E-state index >= 15 is 0 Å². The van der Waals surface area contributed by atoms with E-state index in [9.17, 15) is 0 Å². The molecule has 1 atom stereocenters. The lowest BCUT2D eigenvalue weighted by Gasteiger charge is -2.16. The zero-order valence-corrected chi connectivity index (χ0v) is 8.04. The number of nitrogens with zero attached hydrogens (tertiary/aromatic N) is 1. The van der Waals surface area contributed by atoms with E-state index in [4.69, 9.17) is 11.0 Å². The van der Waals surface area contributed by atoms with E-state index < -0.39 is 5.54 Å². The highest BCUT2D eigenvalue weighted by molar-refractivity contribution is 5.28. The molecule has 0 fully saturated rings. The van der Waals surface area contributed by atoms with Gasteiger partial charge in [0.1, 0.15) is 5.54 Å². The summed E-state index contributed by atoms with van der Waals surface area (Å²) in [6.07, 6.45) is 0.607. The fourth-order valence-electron chi connectivity index (χ4n) is 1.24. The van der Waals surface area contributed by atoms with Crippen LogP contribution in [-0.2, 0) is 6.42 Å². The molecule has 0 saturated carbocycles. The topological polar surface area (TPSA) is 49.8 Å². The number of hydrogen-bond donors (Lipinski definition) is 1. The highest BCUT2D eigenvalue weighted by Crippen LogP contribution is 2.13. The van der Waals surface area contributed by atoms with Crippen LogP contribution in [0.5, 0.6) is 0 Å². The van der Waals surface area contributed by atoms with Crippen molar-refractivity contribution in [2.24, 2.45) is 5.73 Å². The second kappa shape index (κ2) is 3.59. The smallest absolute Gasteiger partial charge is 0.105 e. The molecule has 68 valence electrons. The third kappa shape index (κ3) is 2.57. The van der Waals surface area contributed by atoms with Crippen molar-refractivity contribution >= 4 is 0 Å². The second-order valence-corrected chi connectivity index (χ2v) is 3.63. The molecule has 0 heterocycles. The van der Waals surface area contributed by atoms with Crippen molar-refractivity contribution < 1.29 is 0 Å². The van der Waals surface area contributed by atoms with E-state index in [1.807, 2.05) is 31.2 Å². The number of nitrogens with two attached hydrogens (primary N) is 1. The predicted molar refractivity (Wildman–Crippen MR) is 53.1 cm³/mol. The summed E-state index contributed by atoms with van der Waals surface area (Å²) in [6.45, 7) is 3.78. The van der Waals surface area contributed by atoms with Gasteiger partial charge in [0.25, 0.3) is 0 Å². The third-order valence-corrected chi connectivity index (χ3v) is 2.07. The largest absolute Gasteiger partial charge is 0.313 e. The van der Waals surface area contributed by atoms with E-state index in [1.54, 1.807) is 6.92 Å². The van der Waals surface area contributed by atoms with E-state index in [-0.39, 0.29) is 0 Å². The Balaban J connectivity index is 2.88.